The maximum Gasteiger partial charge on any atom is 0.0901 e. The molecule has 0 spiro atoms. The lowest BCUT2D eigenvalue weighted by molar-refractivity contribution is 0.280. The molecule has 2 nitrogen and oxygen atoms in total. The van der Waals surface area contributed by atoms with E-state index in [0.717, 1.165) is 13.1 Å². The predicted molar refractivity (Wildman–Crippen MR) is 46.7 cm³/mol. The highest BCUT2D eigenvalue weighted by Gasteiger charge is 2.13. The van der Waals surface area contributed by atoms with E-state index in [1.54, 1.807) is 0 Å². The Labute approximate surface area is 67.9 Å². The first-order valence-corrected chi connectivity index (χ1v) is 4.08. The molecule has 0 fully saturated rings. The van der Waals surface area contributed by atoms with Crippen LogP contribution >= 0.6 is 12.6 Å². The van der Waals surface area contributed by atoms with Crippen LogP contribution in [-0.2, 0) is 0 Å². The highest BCUT2D eigenvalue weighted by molar-refractivity contribution is 7.80. The van der Waals surface area contributed by atoms with Crippen molar-refractivity contribution in [1.82, 2.24) is 9.80 Å². The molecular weight excluding hydrogens is 144 g/mol. The summed E-state index contributed by atoms with van der Waals surface area (Å²) in [6.07, 6.45) is 5.24. The number of hydrogen-bond acceptors (Lipinski definition) is 3. The second-order valence-corrected chi connectivity index (χ2v) is 3.20. The minimum absolute atomic E-state index is 0.376. The van der Waals surface area contributed by atoms with Crippen molar-refractivity contribution in [3.05, 3.63) is 12.4 Å². The lowest BCUT2D eigenvalue weighted by atomic mass is 10.4. The van der Waals surface area contributed by atoms with Crippen molar-refractivity contribution in [2.24, 2.45) is 0 Å². The summed E-state index contributed by atoms with van der Waals surface area (Å²) < 4.78 is 0. The van der Waals surface area contributed by atoms with E-state index in [2.05, 4.69) is 48.8 Å². The summed E-state index contributed by atoms with van der Waals surface area (Å²) in [6.45, 7) is 3.12. The van der Waals surface area contributed by atoms with Crippen LogP contribution in [0.4, 0.5) is 0 Å². The van der Waals surface area contributed by atoms with Crippen molar-refractivity contribution in [2.75, 3.05) is 13.7 Å². The summed E-state index contributed by atoms with van der Waals surface area (Å²) in [5, 5.41) is 0.376. The molecule has 0 aromatic heterocycles. The maximum absolute atomic E-state index is 4.41. The minimum atomic E-state index is 0.376. The molecule has 0 saturated heterocycles. The largest absolute Gasteiger partial charge is 0.362 e. The van der Waals surface area contributed by atoms with E-state index in [1.165, 1.54) is 0 Å². The molecule has 0 aromatic rings. The first-order chi connectivity index (χ1) is 4.74. The lowest BCUT2D eigenvalue weighted by Crippen LogP contribution is -2.28. The summed E-state index contributed by atoms with van der Waals surface area (Å²) in [5.74, 6) is 0. The molecule has 0 aromatic carbocycles. The molecule has 1 atom stereocenters. The standard InChI is InChI=1S/C7H14N2S/c1-3-7(10)9-5-4-8(2)6-9/h4-5,7,10H,3,6H2,1-2H3. The van der Waals surface area contributed by atoms with E-state index in [1.807, 2.05) is 0 Å². The quantitative estimate of drug-likeness (QED) is 0.606. The Morgan fingerprint density at radius 2 is 2.30 bits per heavy atom. The van der Waals surface area contributed by atoms with Crippen molar-refractivity contribution < 1.29 is 0 Å². The van der Waals surface area contributed by atoms with E-state index in [0.29, 0.717) is 5.37 Å². The molecule has 58 valence electrons. The number of rotatable bonds is 2. The van der Waals surface area contributed by atoms with Crippen molar-refractivity contribution in [3.63, 3.8) is 0 Å². The average Bonchev–Trinajstić information content (AvgIpc) is 2.34. The SMILES string of the molecule is CCC(S)N1C=CN(C)C1. The molecule has 0 bridgehead atoms. The summed E-state index contributed by atoms with van der Waals surface area (Å²) in [4.78, 5) is 4.35. The van der Waals surface area contributed by atoms with Crippen LogP contribution < -0.4 is 0 Å². The monoisotopic (exact) mass is 158 g/mol. The van der Waals surface area contributed by atoms with Gasteiger partial charge in [0.1, 0.15) is 0 Å². The fourth-order valence-corrected chi connectivity index (χ4v) is 1.13. The number of nitrogens with zero attached hydrogens (tertiary/aromatic N) is 2. The molecule has 0 aliphatic carbocycles. The summed E-state index contributed by atoms with van der Waals surface area (Å²) in [6, 6.07) is 0. The second kappa shape index (κ2) is 3.19. The third-order valence-corrected chi connectivity index (χ3v) is 2.31. The zero-order chi connectivity index (χ0) is 7.56. The average molecular weight is 158 g/mol. The zero-order valence-electron chi connectivity index (χ0n) is 6.49. The Hall–Kier alpha value is -0.310. The van der Waals surface area contributed by atoms with Gasteiger partial charge in [-0.1, -0.05) is 6.92 Å². The van der Waals surface area contributed by atoms with Crippen molar-refractivity contribution >= 4 is 12.6 Å². The molecule has 1 heterocycles. The van der Waals surface area contributed by atoms with E-state index < -0.39 is 0 Å². The summed E-state index contributed by atoms with van der Waals surface area (Å²) in [7, 11) is 2.06. The highest BCUT2D eigenvalue weighted by atomic mass is 32.1. The van der Waals surface area contributed by atoms with Crippen molar-refractivity contribution in [2.45, 2.75) is 18.7 Å². The first-order valence-electron chi connectivity index (χ1n) is 3.56. The van der Waals surface area contributed by atoms with Crippen LogP contribution in [0.25, 0.3) is 0 Å². The van der Waals surface area contributed by atoms with Gasteiger partial charge in [0, 0.05) is 19.4 Å². The van der Waals surface area contributed by atoms with Crippen LogP contribution in [0.1, 0.15) is 13.3 Å². The highest BCUT2D eigenvalue weighted by Crippen LogP contribution is 2.13. The summed E-state index contributed by atoms with van der Waals surface area (Å²) >= 11 is 4.41. The molecule has 0 amide bonds. The molecular formula is C7H14N2S. The third-order valence-electron chi connectivity index (χ3n) is 1.65. The van der Waals surface area contributed by atoms with Crippen LogP contribution in [0.5, 0.6) is 0 Å². The second-order valence-electron chi connectivity index (χ2n) is 2.60. The van der Waals surface area contributed by atoms with E-state index in [9.17, 15) is 0 Å². The maximum atomic E-state index is 4.41. The fraction of sp³-hybridized carbons (Fsp3) is 0.714. The van der Waals surface area contributed by atoms with E-state index >= 15 is 0 Å². The molecule has 0 N–H and O–H groups in total. The van der Waals surface area contributed by atoms with Crippen molar-refractivity contribution in [3.8, 4) is 0 Å². The van der Waals surface area contributed by atoms with Gasteiger partial charge in [0.2, 0.25) is 0 Å². The topological polar surface area (TPSA) is 6.48 Å². The minimum Gasteiger partial charge on any atom is -0.362 e. The molecule has 1 aliphatic rings. The number of thiol groups is 1. The van der Waals surface area contributed by atoms with Gasteiger partial charge in [-0.2, -0.15) is 12.6 Å². The Bertz CT molecular complexity index is 136. The van der Waals surface area contributed by atoms with Gasteiger partial charge in [-0.25, -0.2) is 0 Å². The van der Waals surface area contributed by atoms with Gasteiger partial charge in [0.05, 0.1) is 12.0 Å². The smallest absolute Gasteiger partial charge is 0.0901 e. The van der Waals surface area contributed by atoms with Crippen molar-refractivity contribution in [1.29, 1.82) is 0 Å². The molecule has 3 heteroatoms. The van der Waals surface area contributed by atoms with Crippen LogP contribution in [0.2, 0.25) is 0 Å². The fourth-order valence-electron chi connectivity index (χ4n) is 0.979. The van der Waals surface area contributed by atoms with E-state index in [4.69, 9.17) is 0 Å². The van der Waals surface area contributed by atoms with Gasteiger partial charge in [-0.05, 0) is 6.42 Å². The third kappa shape index (κ3) is 1.59. The lowest BCUT2D eigenvalue weighted by Gasteiger charge is -2.23. The van der Waals surface area contributed by atoms with Gasteiger partial charge in [0.15, 0.2) is 0 Å². The zero-order valence-corrected chi connectivity index (χ0v) is 7.38. The Morgan fingerprint density at radius 3 is 2.70 bits per heavy atom. The molecule has 10 heavy (non-hydrogen) atoms. The molecule has 1 rings (SSSR count). The molecule has 1 unspecified atom stereocenters. The summed E-state index contributed by atoms with van der Waals surface area (Å²) in [5.41, 5.74) is 0. The van der Waals surface area contributed by atoms with Gasteiger partial charge in [-0.15, -0.1) is 0 Å². The van der Waals surface area contributed by atoms with Crippen LogP contribution in [0, 0.1) is 0 Å². The molecule has 1 aliphatic heterocycles. The molecule has 0 saturated carbocycles. The normalized spacial score (nSPS) is 20.3. The van der Waals surface area contributed by atoms with Crippen LogP contribution in [0.15, 0.2) is 12.4 Å². The van der Waals surface area contributed by atoms with Gasteiger partial charge >= 0.3 is 0 Å². The van der Waals surface area contributed by atoms with Gasteiger partial charge in [0.25, 0.3) is 0 Å². The van der Waals surface area contributed by atoms with Crippen LogP contribution in [0.3, 0.4) is 0 Å². The van der Waals surface area contributed by atoms with Crippen LogP contribution in [-0.4, -0.2) is 28.9 Å². The van der Waals surface area contributed by atoms with E-state index in [-0.39, 0.29) is 0 Å². The Kier molecular flexibility index (Phi) is 2.49. The van der Waals surface area contributed by atoms with Gasteiger partial charge in [-0.3, -0.25) is 0 Å². The number of hydrogen-bond donors (Lipinski definition) is 1. The molecule has 0 radical (unpaired) electrons. The Balaban J connectivity index is 2.38. The first kappa shape index (κ1) is 7.79. The predicted octanol–water partition coefficient (Wildman–Crippen LogP) is 1.33. The Morgan fingerprint density at radius 1 is 1.60 bits per heavy atom. The van der Waals surface area contributed by atoms with Gasteiger partial charge < -0.3 is 9.80 Å².